The van der Waals surface area contributed by atoms with Crippen molar-refractivity contribution in [1.82, 2.24) is 4.90 Å². The van der Waals surface area contributed by atoms with Crippen molar-refractivity contribution in [3.63, 3.8) is 0 Å². The van der Waals surface area contributed by atoms with Gasteiger partial charge in [0.1, 0.15) is 6.04 Å². The number of likely N-dealkylation sites (tertiary alicyclic amines) is 1. The van der Waals surface area contributed by atoms with E-state index < -0.39 is 18.0 Å². The molecule has 1 aliphatic heterocycles. The zero-order valence-corrected chi connectivity index (χ0v) is 12.3. The van der Waals surface area contributed by atoms with Crippen LogP contribution in [0.2, 0.25) is 10.0 Å². The summed E-state index contributed by atoms with van der Waals surface area (Å²) in [5.74, 6) is -1.07. The topological polar surface area (TPSA) is 69.6 Å². The number of benzene rings is 1. The highest BCUT2D eigenvalue weighted by Crippen LogP contribution is 2.31. The Hall–Kier alpha value is -1.46. The van der Waals surface area contributed by atoms with Gasteiger partial charge >= 0.3 is 12.0 Å². The number of nitrogens with one attached hydrogen (secondary N) is 1. The minimum absolute atomic E-state index is 0.0758. The average molecular weight is 317 g/mol. The molecule has 2 unspecified atom stereocenters. The number of carboxylic acids is 1. The molecule has 0 saturated carbocycles. The zero-order valence-electron chi connectivity index (χ0n) is 10.8. The number of carbonyl (C=O) groups excluding carboxylic acids is 1. The molecule has 1 aromatic carbocycles. The van der Waals surface area contributed by atoms with Crippen LogP contribution in [0.1, 0.15) is 13.3 Å². The Bertz CT molecular complexity index is 550. The highest BCUT2D eigenvalue weighted by molar-refractivity contribution is 6.43. The first-order chi connectivity index (χ1) is 9.41. The smallest absolute Gasteiger partial charge is 0.326 e. The molecule has 0 aliphatic carbocycles. The normalized spacial score (nSPS) is 21.9. The summed E-state index contributed by atoms with van der Waals surface area (Å²) in [7, 11) is 0. The van der Waals surface area contributed by atoms with Crippen molar-refractivity contribution in [1.29, 1.82) is 0 Å². The van der Waals surface area contributed by atoms with Gasteiger partial charge < -0.3 is 15.3 Å². The maximum atomic E-state index is 12.2. The van der Waals surface area contributed by atoms with Gasteiger partial charge in [-0.25, -0.2) is 9.59 Å². The van der Waals surface area contributed by atoms with E-state index in [9.17, 15) is 14.7 Å². The van der Waals surface area contributed by atoms with Crippen LogP contribution in [-0.2, 0) is 4.79 Å². The molecule has 1 saturated heterocycles. The Balaban J connectivity index is 2.16. The molecule has 108 valence electrons. The molecule has 1 fully saturated rings. The zero-order chi connectivity index (χ0) is 14.9. The van der Waals surface area contributed by atoms with E-state index in [-0.39, 0.29) is 10.9 Å². The van der Waals surface area contributed by atoms with Crippen LogP contribution in [0, 0.1) is 5.92 Å². The Morgan fingerprint density at radius 3 is 2.75 bits per heavy atom. The number of hydrogen-bond acceptors (Lipinski definition) is 2. The lowest BCUT2D eigenvalue weighted by molar-refractivity contribution is -0.142. The van der Waals surface area contributed by atoms with Gasteiger partial charge in [0.15, 0.2) is 0 Å². The molecule has 2 N–H and O–H groups in total. The molecule has 0 spiro atoms. The molecule has 0 radical (unpaired) electrons. The van der Waals surface area contributed by atoms with Crippen molar-refractivity contribution >= 4 is 40.9 Å². The highest BCUT2D eigenvalue weighted by atomic mass is 35.5. The summed E-state index contributed by atoms with van der Waals surface area (Å²) >= 11 is 11.9. The molecule has 2 atom stereocenters. The van der Waals surface area contributed by atoms with Crippen LogP contribution in [0.25, 0.3) is 0 Å². The van der Waals surface area contributed by atoms with Crippen molar-refractivity contribution in [2.24, 2.45) is 5.92 Å². The fraction of sp³-hybridized carbons (Fsp3) is 0.385. The summed E-state index contributed by atoms with van der Waals surface area (Å²) < 4.78 is 0. The standard InChI is InChI=1S/C13H14Cl2N2O3/c1-7-5-6-17(11(7)12(18)19)13(20)16-9-4-2-3-8(14)10(9)15/h2-4,7,11H,5-6H2,1H3,(H,16,20)(H,18,19). The molecule has 2 rings (SSSR count). The molecule has 2 amide bonds. The second-order valence-electron chi connectivity index (χ2n) is 4.77. The van der Waals surface area contributed by atoms with Crippen LogP contribution < -0.4 is 5.32 Å². The van der Waals surface area contributed by atoms with E-state index in [0.29, 0.717) is 23.7 Å². The average Bonchev–Trinajstić information content (AvgIpc) is 2.77. The van der Waals surface area contributed by atoms with Gasteiger partial charge in [0.2, 0.25) is 0 Å². The number of halogens is 2. The number of urea groups is 1. The minimum atomic E-state index is -0.998. The number of aliphatic carboxylic acids is 1. The van der Waals surface area contributed by atoms with E-state index in [4.69, 9.17) is 23.2 Å². The number of rotatable bonds is 2. The van der Waals surface area contributed by atoms with Crippen LogP contribution in [0.5, 0.6) is 0 Å². The van der Waals surface area contributed by atoms with E-state index in [1.807, 2.05) is 6.92 Å². The van der Waals surface area contributed by atoms with E-state index in [2.05, 4.69) is 5.32 Å². The van der Waals surface area contributed by atoms with Gasteiger partial charge in [-0.05, 0) is 24.5 Å². The van der Waals surface area contributed by atoms with Gasteiger partial charge in [-0.3, -0.25) is 0 Å². The summed E-state index contributed by atoms with van der Waals surface area (Å²) in [5.41, 5.74) is 0.368. The van der Waals surface area contributed by atoms with Gasteiger partial charge in [-0.1, -0.05) is 36.2 Å². The Labute approximate surface area is 126 Å². The van der Waals surface area contributed by atoms with Gasteiger partial charge in [0.05, 0.1) is 15.7 Å². The van der Waals surface area contributed by atoms with Crippen LogP contribution >= 0.6 is 23.2 Å². The molecule has 20 heavy (non-hydrogen) atoms. The lowest BCUT2D eigenvalue weighted by atomic mass is 10.0. The van der Waals surface area contributed by atoms with E-state index in [0.717, 1.165) is 0 Å². The third kappa shape index (κ3) is 2.83. The van der Waals surface area contributed by atoms with Crippen molar-refractivity contribution < 1.29 is 14.7 Å². The number of amides is 2. The van der Waals surface area contributed by atoms with Crippen molar-refractivity contribution in [3.05, 3.63) is 28.2 Å². The molecule has 0 aromatic heterocycles. The first kappa shape index (κ1) is 14.9. The highest BCUT2D eigenvalue weighted by Gasteiger charge is 2.39. The number of anilines is 1. The van der Waals surface area contributed by atoms with Crippen molar-refractivity contribution in [2.75, 3.05) is 11.9 Å². The first-order valence-electron chi connectivity index (χ1n) is 6.16. The minimum Gasteiger partial charge on any atom is -0.480 e. The lowest BCUT2D eigenvalue weighted by Gasteiger charge is -2.24. The summed E-state index contributed by atoms with van der Waals surface area (Å²) in [4.78, 5) is 24.7. The molecule has 5 nitrogen and oxygen atoms in total. The van der Waals surface area contributed by atoms with Gasteiger partial charge in [-0.2, -0.15) is 0 Å². The SMILES string of the molecule is CC1CCN(C(=O)Nc2cccc(Cl)c2Cl)C1C(=O)O. The van der Waals surface area contributed by atoms with E-state index >= 15 is 0 Å². The largest absolute Gasteiger partial charge is 0.480 e. The number of carboxylic acid groups (broad SMARTS) is 1. The maximum Gasteiger partial charge on any atom is 0.326 e. The Kier molecular flexibility index (Phi) is 4.40. The fourth-order valence-corrected chi connectivity index (χ4v) is 2.69. The van der Waals surface area contributed by atoms with Crippen molar-refractivity contribution in [3.8, 4) is 0 Å². The predicted molar refractivity (Wildman–Crippen MR) is 77.4 cm³/mol. The molecular formula is C13H14Cl2N2O3. The third-order valence-corrected chi connectivity index (χ3v) is 4.23. The summed E-state index contributed by atoms with van der Waals surface area (Å²) in [6.45, 7) is 2.22. The Morgan fingerprint density at radius 1 is 1.40 bits per heavy atom. The quantitative estimate of drug-likeness (QED) is 0.879. The predicted octanol–water partition coefficient (Wildman–Crippen LogP) is 3.32. The number of carbonyl (C=O) groups is 2. The lowest BCUT2D eigenvalue weighted by Crippen LogP contribution is -2.44. The van der Waals surface area contributed by atoms with E-state index in [1.54, 1.807) is 18.2 Å². The van der Waals surface area contributed by atoms with Crippen LogP contribution in [0.15, 0.2) is 18.2 Å². The molecule has 0 bridgehead atoms. The monoisotopic (exact) mass is 316 g/mol. The second kappa shape index (κ2) is 5.89. The Morgan fingerprint density at radius 2 is 2.10 bits per heavy atom. The maximum absolute atomic E-state index is 12.2. The van der Waals surface area contributed by atoms with Crippen LogP contribution in [-0.4, -0.2) is 34.6 Å². The van der Waals surface area contributed by atoms with Gasteiger partial charge in [0, 0.05) is 6.54 Å². The summed E-state index contributed by atoms with van der Waals surface area (Å²) in [6, 6.07) is 3.59. The fourth-order valence-electron chi connectivity index (χ4n) is 2.34. The van der Waals surface area contributed by atoms with E-state index in [1.165, 1.54) is 4.90 Å². The molecule has 7 heteroatoms. The number of hydrogen-bond donors (Lipinski definition) is 2. The van der Waals surface area contributed by atoms with Gasteiger partial charge in [-0.15, -0.1) is 0 Å². The second-order valence-corrected chi connectivity index (χ2v) is 5.56. The number of nitrogens with zero attached hydrogens (tertiary/aromatic N) is 1. The molecule has 1 aromatic rings. The molecular weight excluding hydrogens is 303 g/mol. The summed E-state index contributed by atoms with van der Waals surface area (Å²) in [6.07, 6.45) is 0.660. The van der Waals surface area contributed by atoms with Crippen LogP contribution in [0.4, 0.5) is 10.5 Å². The van der Waals surface area contributed by atoms with Gasteiger partial charge in [0.25, 0.3) is 0 Å². The molecule has 1 aliphatic rings. The summed E-state index contributed by atoms with van der Waals surface area (Å²) in [5, 5.41) is 12.4. The first-order valence-corrected chi connectivity index (χ1v) is 6.92. The molecule has 1 heterocycles. The van der Waals surface area contributed by atoms with Crippen molar-refractivity contribution in [2.45, 2.75) is 19.4 Å². The third-order valence-electron chi connectivity index (χ3n) is 3.41. The van der Waals surface area contributed by atoms with Crippen LogP contribution in [0.3, 0.4) is 0 Å².